The second kappa shape index (κ2) is 10.2. The number of amides is 2. The van der Waals surface area contributed by atoms with Crippen LogP contribution in [0.15, 0.2) is 109 Å². The maximum absolute atomic E-state index is 13.3. The van der Waals surface area contributed by atoms with E-state index in [0.29, 0.717) is 34.1 Å². The average Bonchev–Trinajstić information content (AvgIpc) is 2.92. The highest BCUT2D eigenvalue weighted by atomic mass is 16.2. The summed E-state index contributed by atoms with van der Waals surface area (Å²) in [5, 5.41) is 0.713. The lowest BCUT2D eigenvalue weighted by molar-refractivity contribution is 0.0847. The highest BCUT2D eigenvalue weighted by Crippen LogP contribution is 2.25. The van der Waals surface area contributed by atoms with Crippen LogP contribution in [-0.4, -0.2) is 16.8 Å². The van der Waals surface area contributed by atoms with Gasteiger partial charge in [-0.3, -0.25) is 20.4 Å². The Bertz CT molecular complexity index is 1540. The van der Waals surface area contributed by atoms with Crippen molar-refractivity contribution in [1.29, 1.82) is 0 Å². The quantitative estimate of drug-likeness (QED) is 0.315. The molecule has 0 saturated carbocycles. The van der Waals surface area contributed by atoms with E-state index in [0.717, 1.165) is 22.3 Å². The minimum Gasteiger partial charge on any atom is -0.267 e. The Morgan fingerprint density at radius 3 is 2.11 bits per heavy atom. The van der Waals surface area contributed by atoms with E-state index in [1.807, 2.05) is 104 Å². The van der Waals surface area contributed by atoms with Crippen molar-refractivity contribution in [3.05, 3.63) is 137 Å². The molecule has 176 valence electrons. The summed E-state index contributed by atoms with van der Waals surface area (Å²) in [7, 11) is 0. The maximum atomic E-state index is 13.3. The third-order valence-corrected chi connectivity index (χ3v) is 6.10. The number of benzene rings is 4. The van der Waals surface area contributed by atoms with Gasteiger partial charge in [-0.15, -0.1) is 0 Å². The molecule has 0 unspecified atom stereocenters. The SMILES string of the molecule is Cc1ccc(-c2cc(C(=O)NNC(=O)c3ccccc3Cc3ccccc3)c3ccccc3n2)cc1. The molecule has 2 amide bonds. The second-order valence-corrected chi connectivity index (χ2v) is 8.67. The van der Waals surface area contributed by atoms with Gasteiger partial charge in [0.15, 0.2) is 0 Å². The minimum atomic E-state index is -0.407. The van der Waals surface area contributed by atoms with Crippen molar-refractivity contribution in [3.63, 3.8) is 0 Å². The molecule has 2 N–H and O–H groups in total. The smallest absolute Gasteiger partial charge is 0.267 e. The van der Waals surface area contributed by atoms with Gasteiger partial charge in [0.05, 0.1) is 16.8 Å². The fourth-order valence-corrected chi connectivity index (χ4v) is 4.20. The zero-order valence-corrected chi connectivity index (χ0v) is 19.9. The summed E-state index contributed by atoms with van der Waals surface area (Å²) in [6.45, 7) is 2.02. The number of fused-ring (bicyclic) bond motifs is 1. The van der Waals surface area contributed by atoms with Gasteiger partial charge in [0, 0.05) is 16.5 Å². The van der Waals surface area contributed by atoms with Crippen molar-refractivity contribution in [1.82, 2.24) is 15.8 Å². The Labute approximate surface area is 209 Å². The number of nitrogens with zero attached hydrogens (tertiary/aromatic N) is 1. The average molecular weight is 472 g/mol. The van der Waals surface area contributed by atoms with Crippen LogP contribution in [0.5, 0.6) is 0 Å². The standard InChI is InChI=1S/C31H25N3O2/c1-21-15-17-23(18-16-21)29-20-27(26-13-7-8-14-28(26)32-29)31(36)34-33-30(35)25-12-6-5-11-24(25)19-22-9-3-2-4-10-22/h2-18,20H,19H2,1H3,(H,33,35)(H,34,36). The number of hydrogen-bond donors (Lipinski definition) is 2. The number of carbonyl (C=O) groups is 2. The van der Waals surface area contributed by atoms with Gasteiger partial charge < -0.3 is 0 Å². The largest absolute Gasteiger partial charge is 0.270 e. The topological polar surface area (TPSA) is 71.1 Å². The van der Waals surface area contributed by atoms with Crippen LogP contribution in [0.4, 0.5) is 0 Å². The summed E-state index contributed by atoms with van der Waals surface area (Å²) in [4.78, 5) is 31.0. The molecule has 0 aliphatic heterocycles. The van der Waals surface area contributed by atoms with Crippen LogP contribution >= 0.6 is 0 Å². The van der Waals surface area contributed by atoms with E-state index in [-0.39, 0.29) is 5.91 Å². The van der Waals surface area contributed by atoms with Gasteiger partial charge in [-0.05, 0) is 42.7 Å². The van der Waals surface area contributed by atoms with E-state index in [1.54, 1.807) is 12.1 Å². The molecule has 0 fully saturated rings. The number of nitrogens with one attached hydrogen (secondary N) is 2. The Balaban J connectivity index is 1.39. The molecule has 0 saturated heterocycles. The molecule has 0 aliphatic carbocycles. The number of carbonyl (C=O) groups excluding carboxylic acids is 2. The second-order valence-electron chi connectivity index (χ2n) is 8.67. The van der Waals surface area contributed by atoms with E-state index >= 15 is 0 Å². The molecule has 0 spiro atoms. The van der Waals surface area contributed by atoms with Crippen LogP contribution < -0.4 is 10.9 Å². The number of hydrogen-bond acceptors (Lipinski definition) is 3. The summed E-state index contributed by atoms with van der Waals surface area (Å²) in [5.41, 5.74) is 11.6. The first-order valence-electron chi connectivity index (χ1n) is 11.8. The van der Waals surface area contributed by atoms with Crippen molar-refractivity contribution in [3.8, 4) is 11.3 Å². The molecule has 1 heterocycles. The van der Waals surface area contributed by atoms with Gasteiger partial charge in [0.25, 0.3) is 11.8 Å². The summed E-state index contributed by atoms with van der Waals surface area (Å²) >= 11 is 0. The zero-order valence-electron chi connectivity index (χ0n) is 19.9. The van der Waals surface area contributed by atoms with Crippen LogP contribution in [0.1, 0.15) is 37.4 Å². The number of hydrazine groups is 1. The van der Waals surface area contributed by atoms with Crippen LogP contribution in [0.25, 0.3) is 22.2 Å². The Hall–Kier alpha value is -4.77. The molecule has 0 atom stereocenters. The van der Waals surface area contributed by atoms with Gasteiger partial charge in [-0.25, -0.2) is 4.98 Å². The molecule has 1 aromatic heterocycles. The lowest BCUT2D eigenvalue weighted by atomic mass is 9.99. The van der Waals surface area contributed by atoms with E-state index < -0.39 is 5.91 Å². The van der Waals surface area contributed by atoms with Crippen LogP contribution in [0.2, 0.25) is 0 Å². The molecule has 5 heteroatoms. The number of pyridine rings is 1. The van der Waals surface area contributed by atoms with Gasteiger partial charge in [0.1, 0.15) is 0 Å². The molecule has 5 rings (SSSR count). The fraction of sp³-hybridized carbons (Fsp3) is 0.0645. The van der Waals surface area contributed by atoms with Gasteiger partial charge in [0.2, 0.25) is 0 Å². The summed E-state index contributed by atoms with van der Waals surface area (Å²) in [5.74, 6) is -0.775. The zero-order chi connectivity index (χ0) is 24.9. The minimum absolute atomic E-state index is 0.369. The molecule has 0 radical (unpaired) electrons. The highest BCUT2D eigenvalue weighted by molar-refractivity contribution is 6.08. The predicted molar refractivity (Wildman–Crippen MR) is 143 cm³/mol. The monoisotopic (exact) mass is 471 g/mol. The van der Waals surface area contributed by atoms with Crippen molar-refractivity contribution in [2.45, 2.75) is 13.3 Å². The van der Waals surface area contributed by atoms with Crippen molar-refractivity contribution < 1.29 is 9.59 Å². The fourth-order valence-electron chi connectivity index (χ4n) is 4.20. The number of rotatable bonds is 5. The van der Waals surface area contributed by atoms with E-state index in [2.05, 4.69) is 10.9 Å². The third-order valence-electron chi connectivity index (χ3n) is 6.10. The molecule has 0 bridgehead atoms. The van der Waals surface area contributed by atoms with Crippen molar-refractivity contribution in [2.24, 2.45) is 0 Å². The molecule has 0 aliphatic rings. The van der Waals surface area contributed by atoms with Crippen molar-refractivity contribution in [2.75, 3.05) is 0 Å². The molecule has 5 aromatic rings. The molecular weight excluding hydrogens is 446 g/mol. The lowest BCUT2D eigenvalue weighted by Crippen LogP contribution is -2.42. The van der Waals surface area contributed by atoms with Crippen LogP contribution in [0.3, 0.4) is 0 Å². The lowest BCUT2D eigenvalue weighted by Gasteiger charge is -2.13. The normalized spacial score (nSPS) is 10.7. The Morgan fingerprint density at radius 2 is 1.33 bits per heavy atom. The van der Waals surface area contributed by atoms with E-state index in [1.165, 1.54) is 0 Å². The first kappa shape index (κ1) is 23.0. The van der Waals surface area contributed by atoms with Gasteiger partial charge in [-0.1, -0.05) is 96.6 Å². The molecule has 5 nitrogen and oxygen atoms in total. The van der Waals surface area contributed by atoms with Crippen LogP contribution in [0, 0.1) is 6.92 Å². The summed E-state index contributed by atoms with van der Waals surface area (Å²) < 4.78 is 0. The Morgan fingerprint density at radius 1 is 0.694 bits per heavy atom. The summed E-state index contributed by atoms with van der Waals surface area (Å²) in [6.07, 6.45) is 0.618. The molecule has 36 heavy (non-hydrogen) atoms. The first-order chi connectivity index (χ1) is 17.6. The number of para-hydroxylation sites is 1. The number of aromatic nitrogens is 1. The summed E-state index contributed by atoms with van der Waals surface area (Å²) in [6, 6.07) is 34.6. The van der Waals surface area contributed by atoms with Crippen LogP contribution in [-0.2, 0) is 6.42 Å². The van der Waals surface area contributed by atoms with E-state index in [4.69, 9.17) is 4.98 Å². The van der Waals surface area contributed by atoms with Gasteiger partial charge in [-0.2, -0.15) is 0 Å². The predicted octanol–water partition coefficient (Wildman–Crippen LogP) is 5.88. The van der Waals surface area contributed by atoms with Gasteiger partial charge >= 0.3 is 0 Å². The third kappa shape index (κ3) is 5.00. The first-order valence-corrected chi connectivity index (χ1v) is 11.8. The van der Waals surface area contributed by atoms with Crippen molar-refractivity contribution >= 4 is 22.7 Å². The molecular formula is C31H25N3O2. The highest BCUT2D eigenvalue weighted by Gasteiger charge is 2.16. The molecule has 4 aromatic carbocycles. The maximum Gasteiger partial charge on any atom is 0.270 e. The van der Waals surface area contributed by atoms with E-state index in [9.17, 15) is 9.59 Å². The number of aryl methyl sites for hydroxylation is 1. The Kier molecular flexibility index (Phi) is 6.54.